The predicted octanol–water partition coefficient (Wildman–Crippen LogP) is 1.86. The third-order valence-corrected chi connectivity index (χ3v) is 5.28. The van der Waals surface area contributed by atoms with Gasteiger partial charge in [-0.3, -0.25) is 9.69 Å². The molecule has 0 aliphatic carbocycles. The number of rotatable bonds is 4. The normalized spacial score (nSPS) is 22.5. The van der Waals surface area contributed by atoms with Crippen molar-refractivity contribution in [3.8, 4) is 0 Å². The Labute approximate surface area is 150 Å². The fourth-order valence-electron chi connectivity index (χ4n) is 3.77. The maximum atomic E-state index is 12.9. The topological polar surface area (TPSA) is 48.9 Å². The van der Waals surface area contributed by atoms with Crippen molar-refractivity contribution in [1.29, 1.82) is 0 Å². The van der Waals surface area contributed by atoms with Crippen molar-refractivity contribution in [2.45, 2.75) is 39.3 Å². The van der Waals surface area contributed by atoms with E-state index in [0.717, 1.165) is 58.2 Å². The molecule has 0 radical (unpaired) electrons. The highest BCUT2D eigenvalue weighted by molar-refractivity contribution is 5.94. The van der Waals surface area contributed by atoms with Crippen molar-refractivity contribution in [1.82, 2.24) is 14.8 Å². The summed E-state index contributed by atoms with van der Waals surface area (Å²) in [6.45, 7) is 12.4. The molecule has 1 aromatic rings. The first-order chi connectivity index (χ1) is 12.1. The molecule has 0 aromatic carbocycles. The number of hydrogen-bond acceptors (Lipinski definition) is 5. The van der Waals surface area contributed by atoms with E-state index in [0.29, 0.717) is 17.6 Å². The number of piperazine rings is 1. The van der Waals surface area contributed by atoms with Crippen LogP contribution in [0.1, 0.15) is 37.6 Å². The smallest absolute Gasteiger partial charge is 0.255 e. The van der Waals surface area contributed by atoms with E-state index in [-0.39, 0.29) is 5.91 Å². The van der Waals surface area contributed by atoms with Crippen LogP contribution in [0.4, 0.5) is 5.82 Å². The first-order valence-corrected chi connectivity index (χ1v) is 9.44. The Morgan fingerprint density at radius 2 is 2.00 bits per heavy atom. The number of nitrogens with zero attached hydrogens (tertiary/aromatic N) is 4. The van der Waals surface area contributed by atoms with Crippen LogP contribution >= 0.6 is 0 Å². The van der Waals surface area contributed by atoms with Crippen molar-refractivity contribution < 1.29 is 9.53 Å². The largest absolute Gasteiger partial charge is 0.378 e. The molecule has 0 spiro atoms. The molecule has 1 atom stereocenters. The van der Waals surface area contributed by atoms with E-state index in [1.165, 1.54) is 0 Å². The summed E-state index contributed by atoms with van der Waals surface area (Å²) in [6, 6.07) is 4.84. The van der Waals surface area contributed by atoms with Crippen LogP contribution in [-0.2, 0) is 4.74 Å². The maximum Gasteiger partial charge on any atom is 0.255 e. The van der Waals surface area contributed by atoms with Gasteiger partial charge < -0.3 is 14.5 Å². The van der Waals surface area contributed by atoms with E-state index < -0.39 is 0 Å². The first-order valence-electron chi connectivity index (χ1n) is 9.44. The van der Waals surface area contributed by atoms with Crippen LogP contribution in [0.2, 0.25) is 0 Å². The molecule has 138 valence electrons. The van der Waals surface area contributed by atoms with Gasteiger partial charge in [-0.1, -0.05) is 6.92 Å². The summed E-state index contributed by atoms with van der Waals surface area (Å²) in [5.74, 6) is 1.03. The van der Waals surface area contributed by atoms with Gasteiger partial charge in [0.15, 0.2) is 0 Å². The third-order valence-electron chi connectivity index (χ3n) is 5.28. The van der Waals surface area contributed by atoms with Gasteiger partial charge in [-0.2, -0.15) is 0 Å². The summed E-state index contributed by atoms with van der Waals surface area (Å²) in [4.78, 5) is 24.1. The zero-order chi connectivity index (χ0) is 17.8. The average molecular weight is 346 g/mol. The van der Waals surface area contributed by atoms with Gasteiger partial charge in [-0.15, -0.1) is 0 Å². The lowest BCUT2D eigenvalue weighted by Crippen LogP contribution is -2.56. The minimum atomic E-state index is 0.0999. The molecule has 0 unspecified atom stereocenters. The number of carbonyl (C=O) groups is 1. The predicted molar refractivity (Wildman–Crippen MR) is 99.1 cm³/mol. The first kappa shape index (κ1) is 18.1. The second kappa shape index (κ2) is 8.15. The van der Waals surface area contributed by atoms with Crippen LogP contribution in [0.3, 0.4) is 0 Å². The van der Waals surface area contributed by atoms with Crippen LogP contribution < -0.4 is 4.90 Å². The van der Waals surface area contributed by atoms with Gasteiger partial charge in [0.1, 0.15) is 5.82 Å². The summed E-state index contributed by atoms with van der Waals surface area (Å²) < 4.78 is 5.37. The lowest BCUT2D eigenvalue weighted by molar-refractivity contribution is 0.0371. The van der Waals surface area contributed by atoms with Crippen LogP contribution in [0.25, 0.3) is 0 Å². The molecule has 2 fully saturated rings. The summed E-state index contributed by atoms with van der Waals surface area (Å²) in [5.41, 5.74) is 0.685. The number of amides is 1. The fourth-order valence-corrected chi connectivity index (χ4v) is 3.77. The standard InChI is InChI=1S/C19H30N4O2/c1-4-17-14-22(7-8-23(17)15(2)3)19(24)16-5-6-18(20-13-16)21-9-11-25-12-10-21/h5-6,13,15,17H,4,7-12,14H2,1-3H3/t17-/m1/s1. The number of anilines is 1. The molecule has 2 aliphatic rings. The lowest BCUT2D eigenvalue weighted by atomic mass is 10.1. The minimum absolute atomic E-state index is 0.0999. The van der Waals surface area contributed by atoms with E-state index in [1.54, 1.807) is 6.20 Å². The van der Waals surface area contributed by atoms with Gasteiger partial charge >= 0.3 is 0 Å². The highest BCUT2D eigenvalue weighted by Crippen LogP contribution is 2.19. The van der Waals surface area contributed by atoms with Gasteiger partial charge in [0.2, 0.25) is 0 Å². The quantitative estimate of drug-likeness (QED) is 0.833. The van der Waals surface area contributed by atoms with Gasteiger partial charge in [0.05, 0.1) is 18.8 Å². The summed E-state index contributed by atoms with van der Waals surface area (Å²) in [5, 5.41) is 0. The van der Waals surface area contributed by atoms with E-state index >= 15 is 0 Å². The number of aromatic nitrogens is 1. The number of morpholine rings is 1. The molecule has 0 N–H and O–H groups in total. The van der Waals surface area contributed by atoms with E-state index in [1.807, 2.05) is 17.0 Å². The monoisotopic (exact) mass is 346 g/mol. The number of carbonyl (C=O) groups excluding carboxylic acids is 1. The maximum absolute atomic E-state index is 12.9. The minimum Gasteiger partial charge on any atom is -0.378 e. The molecule has 0 bridgehead atoms. The molecule has 6 nitrogen and oxygen atoms in total. The molecule has 1 aromatic heterocycles. The number of pyridine rings is 1. The van der Waals surface area contributed by atoms with E-state index in [4.69, 9.17) is 4.74 Å². The molecule has 3 rings (SSSR count). The van der Waals surface area contributed by atoms with E-state index in [9.17, 15) is 4.79 Å². The molecule has 2 aliphatic heterocycles. The Hall–Kier alpha value is -1.66. The highest BCUT2D eigenvalue weighted by atomic mass is 16.5. The molecule has 2 saturated heterocycles. The van der Waals surface area contributed by atoms with Gasteiger partial charge in [-0.25, -0.2) is 4.98 Å². The zero-order valence-corrected chi connectivity index (χ0v) is 15.6. The van der Waals surface area contributed by atoms with Crippen LogP contribution in [0.5, 0.6) is 0 Å². The highest BCUT2D eigenvalue weighted by Gasteiger charge is 2.30. The summed E-state index contributed by atoms with van der Waals surface area (Å²) in [7, 11) is 0. The molecular formula is C19H30N4O2. The zero-order valence-electron chi connectivity index (χ0n) is 15.6. The Balaban J connectivity index is 1.64. The van der Waals surface area contributed by atoms with E-state index in [2.05, 4.69) is 35.6 Å². The molecule has 25 heavy (non-hydrogen) atoms. The Kier molecular flexibility index (Phi) is 5.91. The van der Waals surface area contributed by atoms with Gasteiger partial charge in [-0.05, 0) is 32.4 Å². The fraction of sp³-hybridized carbons (Fsp3) is 0.684. The Morgan fingerprint density at radius 3 is 2.60 bits per heavy atom. The lowest BCUT2D eigenvalue weighted by Gasteiger charge is -2.43. The van der Waals surface area contributed by atoms with Crippen LogP contribution in [-0.4, -0.2) is 78.7 Å². The molecule has 1 amide bonds. The van der Waals surface area contributed by atoms with Crippen molar-refractivity contribution in [2.24, 2.45) is 0 Å². The van der Waals surface area contributed by atoms with Gasteiger partial charge in [0, 0.05) is 51.0 Å². The average Bonchev–Trinajstić information content (AvgIpc) is 2.67. The third kappa shape index (κ3) is 4.12. The van der Waals surface area contributed by atoms with Crippen molar-refractivity contribution in [3.05, 3.63) is 23.9 Å². The van der Waals surface area contributed by atoms with Crippen LogP contribution in [0, 0.1) is 0 Å². The molecule has 6 heteroatoms. The number of ether oxygens (including phenoxy) is 1. The van der Waals surface area contributed by atoms with Crippen molar-refractivity contribution in [3.63, 3.8) is 0 Å². The second-order valence-electron chi connectivity index (χ2n) is 7.15. The summed E-state index contributed by atoms with van der Waals surface area (Å²) in [6.07, 6.45) is 2.79. The molecular weight excluding hydrogens is 316 g/mol. The number of hydrogen-bond donors (Lipinski definition) is 0. The molecule has 0 saturated carbocycles. The van der Waals surface area contributed by atoms with Crippen molar-refractivity contribution in [2.75, 3.05) is 50.8 Å². The SMILES string of the molecule is CC[C@@H]1CN(C(=O)c2ccc(N3CCOCC3)nc2)CCN1C(C)C. The Bertz CT molecular complexity index is 569. The van der Waals surface area contributed by atoms with Crippen molar-refractivity contribution >= 4 is 11.7 Å². The Morgan fingerprint density at radius 1 is 1.24 bits per heavy atom. The van der Waals surface area contributed by atoms with Crippen LogP contribution in [0.15, 0.2) is 18.3 Å². The molecule has 3 heterocycles. The second-order valence-corrected chi connectivity index (χ2v) is 7.15. The summed E-state index contributed by atoms with van der Waals surface area (Å²) >= 11 is 0. The van der Waals surface area contributed by atoms with Gasteiger partial charge in [0.25, 0.3) is 5.91 Å².